The van der Waals surface area contributed by atoms with Gasteiger partial charge in [0.05, 0.1) is 5.92 Å². The Morgan fingerprint density at radius 3 is 2.35 bits per heavy atom. The lowest BCUT2D eigenvalue weighted by molar-refractivity contribution is -0.164. The van der Waals surface area contributed by atoms with Gasteiger partial charge in [0, 0.05) is 17.7 Å². The van der Waals surface area contributed by atoms with Crippen LogP contribution in [0.3, 0.4) is 0 Å². The van der Waals surface area contributed by atoms with E-state index < -0.39 is 11.7 Å². The van der Waals surface area contributed by atoms with Crippen LogP contribution in [0.2, 0.25) is 0 Å². The van der Waals surface area contributed by atoms with Crippen molar-refractivity contribution in [3.8, 4) is 0 Å². The van der Waals surface area contributed by atoms with Crippen LogP contribution < -0.4 is 5.32 Å². The first kappa shape index (κ1) is 14.2. The molecule has 0 aromatic carbocycles. The number of aliphatic hydroxyl groups is 3. The Morgan fingerprint density at radius 1 is 1.35 bits per heavy atom. The van der Waals surface area contributed by atoms with Gasteiger partial charge < -0.3 is 20.6 Å². The summed E-state index contributed by atoms with van der Waals surface area (Å²) >= 11 is 0. The monoisotopic (exact) mass is 241 g/mol. The summed E-state index contributed by atoms with van der Waals surface area (Å²) in [4.78, 5) is 0. The molecular weight excluding hydrogens is 218 g/mol. The quantitative estimate of drug-likeness (QED) is 0.552. The summed E-state index contributed by atoms with van der Waals surface area (Å²) < 4.78 is 0. The molecule has 0 saturated carbocycles. The van der Waals surface area contributed by atoms with Gasteiger partial charge in [0.15, 0.2) is 5.79 Å². The molecule has 0 spiro atoms. The van der Waals surface area contributed by atoms with Gasteiger partial charge in [-0.2, -0.15) is 0 Å². The van der Waals surface area contributed by atoms with Crippen LogP contribution in [0.25, 0.3) is 0 Å². The maximum Gasteiger partial charge on any atom is 0.197 e. The highest BCUT2D eigenvalue weighted by Gasteiger charge is 2.41. The molecule has 0 aliphatic heterocycles. The van der Waals surface area contributed by atoms with Gasteiger partial charge in [-0.1, -0.05) is 6.08 Å². The van der Waals surface area contributed by atoms with E-state index in [1.165, 1.54) is 0 Å². The van der Waals surface area contributed by atoms with E-state index in [4.69, 9.17) is 0 Å². The number of rotatable bonds is 2. The van der Waals surface area contributed by atoms with E-state index in [9.17, 15) is 15.3 Å². The van der Waals surface area contributed by atoms with Crippen molar-refractivity contribution in [2.45, 2.75) is 45.9 Å². The van der Waals surface area contributed by atoms with Gasteiger partial charge in [0.2, 0.25) is 0 Å². The van der Waals surface area contributed by atoms with E-state index in [0.29, 0.717) is 17.7 Å². The molecule has 1 aliphatic carbocycles. The lowest BCUT2D eigenvalue weighted by Gasteiger charge is -2.36. The van der Waals surface area contributed by atoms with Gasteiger partial charge in [-0.3, -0.25) is 0 Å². The molecule has 1 rings (SSSR count). The number of hydrogen-bond donors (Lipinski definition) is 4. The maximum atomic E-state index is 10.0. The molecule has 1 aliphatic rings. The third-order valence-electron chi connectivity index (χ3n) is 3.09. The van der Waals surface area contributed by atoms with E-state index in [1.807, 2.05) is 20.8 Å². The molecular formula is C13H23NO3. The highest BCUT2D eigenvalue weighted by molar-refractivity contribution is 5.36. The summed E-state index contributed by atoms with van der Waals surface area (Å²) in [7, 11) is 0. The average molecular weight is 241 g/mol. The zero-order valence-electron chi connectivity index (χ0n) is 11.2. The van der Waals surface area contributed by atoms with Crippen molar-refractivity contribution in [1.29, 1.82) is 0 Å². The first-order valence-corrected chi connectivity index (χ1v) is 5.86. The number of hydrogen-bond acceptors (Lipinski definition) is 4. The minimum Gasteiger partial charge on any atom is -0.512 e. The second kappa shape index (κ2) is 4.44. The Balaban J connectivity index is 2.94. The van der Waals surface area contributed by atoms with E-state index in [0.717, 1.165) is 0 Å². The van der Waals surface area contributed by atoms with Gasteiger partial charge in [0.1, 0.15) is 5.76 Å². The molecule has 4 heteroatoms. The molecule has 4 nitrogen and oxygen atoms in total. The van der Waals surface area contributed by atoms with E-state index in [-0.39, 0.29) is 11.3 Å². The smallest absolute Gasteiger partial charge is 0.197 e. The largest absolute Gasteiger partial charge is 0.512 e. The van der Waals surface area contributed by atoms with Crippen LogP contribution in [0.15, 0.2) is 23.0 Å². The molecule has 0 aromatic rings. The van der Waals surface area contributed by atoms with Crippen LogP contribution >= 0.6 is 0 Å². The topological polar surface area (TPSA) is 72.7 Å². The molecule has 17 heavy (non-hydrogen) atoms. The SMILES string of the molecule is CC1=C(O)C(C)C(O)(O)C(CNC(C)(C)C)=C1. The molecule has 0 saturated heterocycles. The van der Waals surface area contributed by atoms with Crippen LogP contribution in [-0.2, 0) is 0 Å². The Labute approximate surface area is 103 Å². The predicted molar refractivity (Wildman–Crippen MR) is 67.5 cm³/mol. The third-order valence-corrected chi connectivity index (χ3v) is 3.09. The first-order valence-electron chi connectivity index (χ1n) is 5.86. The number of aliphatic hydroxyl groups excluding tert-OH is 1. The van der Waals surface area contributed by atoms with Gasteiger partial charge in [-0.05, 0) is 40.2 Å². The lowest BCUT2D eigenvalue weighted by atomic mass is 9.83. The Bertz CT molecular complexity index is 361. The molecule has 0 bridgehead atoms. The minimum absolute atomic E-state index is 0.0366. The summed E-state index contributed by atoms with van der Waals surface area (Å²) in [6.07, 6.45) is 1.63. The van der Waals surface area contributed by atoms with Crippen LogP contribution in [0.5, 0.6) is 0 Å². The zero-order chi connectivity index (χ0) is 13.4. The second-order valence-corrected chi connectivity index (χ2v) is 5.79. The van der Waals surface area contributed by atoms with E-state index >= 15 is 0 Å². The molecule has 0 amide bonds. The van der Waals surface area contributed by atoms with Crippen molar-refractivity contribution < 1.29 is 15.3 Å². The fourth-order valence-corrected chi connectivity index (χ4v) is 1.79. The summed E-state index contributed by atoms with van der Waals surface area (Å²) in [5, 5.41) is 33.0. The van der Waals surface area contributed by atoms with Crippen molar-refractivity contribution in [3.63, 3.8) is 0 Å². The lowest BCUT2D eigenvalue weighted by Crippen LogP contribution is -2.47. The predicted octanol–water partition coefficient (Wildman–Crippen LogP) is 1.46. The van der Waals surface area contributed by atoms with Crippen molar-refractivity contribution in [3.05, 3.63) is 23.0 Å². The maximum absolute atomic E-state index is 10.0. The number of allylic oxidation sites excluding steroid dienone is 2. The van der Waals surface area contributed by atoms with Crippen LogP contribution in [0.1, 0.15) is 34.6 Å². The van der Waals surface area contributed by atoms with Crippen LogP contribution in [-0.4, -0.2) is 33.2 Å². The van der Waals surface area contributed by atoms with Crippen molar-refractivity contribution in [2.24, 2.45) is 5.92 Å². The van der Waals surface area contributed by atoms with Gasteiger partial charge >= 0.3 is 0 Å². The Morgan fingerprint density at radius 2 is 1.88 bits per heavy atom. The van der Waals surface area contributed by atoms with Gasteiger partial charge in [-0.15, -0.1) is 0 Å². The summed E-state index contributed by atoms with van der Waals surface area (Å²) in [6, 6.07) is 0. The molecule has 0 heterocycles. The summed E-state index contributed by atoms with van der Waals surface area (Å²) in [5.74, 6) is -2.65. The Kier molecular flexibility index (Phi) is 3.72. The van der Waals surface area contributed by atoms with Crippen LogP contribution in [0.4, 0.5) is 0 Å². The minimum atomic E-state index is -1.98. The van der Waals surface area contributed by atoms with Crippen molar-refractivity contribution >= 4 is 0 Å². The molecule has 0 aromatic heterocycles. The fraction of sp³-hybridized carbons (Fsp3) is 0.692. The normalized spacial score (nSPS) is 24.9. The molecule has 4 N–H and O–H groups in total. The number of nitrogens with one attached hydrogen (secondary N) is 1. The van der Waals surface area contributed by atoms with Gasteiger partial charge in [0.25, 0.3) is 0 Å². The van der Waals surface area contributed by atoms with Crippen molar-refractivity contribution in [2.75, 3.05) is 6.54 Å². The molecule has 98 valence electrons. The average Bonchev–Trinajstić information content (AvgIpc) is 2.18. The van der Waals surface area contributed by atoms with E-state index in [2.05, 4.69) is 5.32 Å². The third kappa shape index (κ3) is 3.09. The Hall–Kier alpha value is -0.840. The van der Waals surface area contributed by atoms with Gasteiger partial charge in [-0.25, -0.2) is 0 Å². The zero-order valence-corrected chi connectivity index (χ0v) is 11.2. The van der Waals surface area contributed by atoms with E-state index in [1.54, 1.807) is 19.9 Å². The first-order chi connectivity index (χ1) is 7.55. The molecule has 1 unspecified atom stereocenters. The fourth-order valence-electron chi connectivity index (χ4n) is 1.79. The molecule has 0 fully saturated rings. The van der Waals surface area contributed by atoms with Crippen molar-refractivity contribution in [1.82, 2.24) is 5.32 Å². The highest BCUT2D eigenvalue weighted by atomic mass is 16.5. The van der Waals surface area contributed by atoms with Crippen LogP contribution in [0, 0.1) is 5.92 Å². The molecule has 0 radical (unpaired) electrons. The highest BCUT2D eigenvalue weighted by Crippen LogP contribution is 2.34. The summed E-state index contributed by atoms with van der Waals surface area (Å²) in [5.41, 5.74) is 1.06. The second-order valence-electron chi connectivity index (χ2n) is 5.79. The summed E-state index contributed by atoms with van der Waals surface area (Å²) in [6.45, 7) is 9.77. The molecule has 1 atom stereocenters. The standard InChI is InChI=1S/C13H23NO3/c1-8-6-10(7-14-12(3,4)5)13(16,17)9(2)11(8)15/h6,9,14-17H,7H2,1-5H3.